The Kier molecular flexibility index (Phi) is 4.99. The summed E-state index contributed by atoms with van der Waals surface area (Å²) >= 11 is 0. The third-order valence-corrected chi connectivity index (χ3v) is 8.74. The number of aromatic nitrogens is 2. The normalized spacial score (nSPS) is 33.6. The average Bonchev–Trinajstić information content (AvgIpc) is 3.09. The van der Waals surface area contributed by atoms with Crippen LogP contribution < -0.4 is 5.73 Å². The Morgan fingerprint density at radius 2 is 1.93 bits per heavy atom. The fourth-order valence-corrected chi connectivity index (χ4v) is 6.71. The molecule has 4 atom stereocenters. The molecule has 1 aromatic carbocycles. The topological polar surface area (TPSA) is 73.3 Å². The summed E-state index contributed by atoms with van der Waals surface area (Å²) in [7, 11) is 0. The van der Waals surface area contributed by atoms with Crippen LogP contribution in [0.5, 0.6) is 0 Å². The van der Waals surface area contributed by atoms with Gasteiger partial charge in [0, 0.05) is 12.6 Å². The van der Waals surface area contributed by atoms with Gasteiger partial charge in [0.05, 0.1) is 22.7 Å². The van der Waals surface area contributed by atoms with Crippen molar-refractivity contribution in [3.63, 3.8) is 0 Å². The molecule has 5 heteroatoms. The number of imidazole rings is 1. The summed E-state index contributed by atoms with van der Waals surface area (Å²) in [6, 6.07) is 6.91. The van der Waals surface area contributed by atoms with Crippen LogP contribution in [-0.2, 0) is 17.9 Å². The Bertz CT molecular complexity index is 926. The van der Waals surface area contributed by atoms with Crippen LogP contribution in [0, 0.1) is 17.3 Å². The summed E-state index contributed by atoms with van der Waals surface area (Å²) in [4.78, 5) is 4.99. The molecule has 6 rings (SSSR count). The van der Waals surface area contributed by atoms with Gasteiger partial charge in [0.15, 0.2) is 0 Å². The first-order valence-electron chi connectivity index (χ1n) is 11.9. The summed E-state index contributed by atoms with van der Waals surface area (Å²) in [5, 5.41) is 11.3. The molecule has 0 amide bonds. The number of hydrogen-bond donors (Lipinski definition) is 2. The van der Waals surface area contributed by atoms with Crippen molar-refractivity contribution in [1.29, 1.82) is 0 Å². The second-order valence-electron chi connectivity index (χ2n) is 10.8. The lowest BCUT2D eigenvalue weighted by Crippen LogP contribution is -2.66. The molecule has 0 saturated heterocycles. The first-order chi connectivity index (χ1) is 14.3. The number of aliphatic hydroxyl groups is 1. The number of benzene rings is 1. The fourth-order valence-electron chi connectivity index (χ4n) is 6.71. The SMILES string of the molecule is CC1(C)[C@H]2C[C@H](OCc3nc4cc(CN)ccc4n3C3CCCCC3)[C@](C)(O)[C@@H]1C2. The van der Waals surface area contributed by atoms with Gasteiger partial charge in [0.1, 0.15) is 12.4 Å². The van der Waals surface area contributed by atoms with Crippen molar-refractivity contribution < 1.29 is 9.84 Å². The van der Waals surface area contributed by atoms with Gasteiger partial charge in [0.25, 0.3) is 0 Å². The van der Waals surface area contributed by atoms with Gasteiger partial charge in [-0.1, -0.05) is 39.2 Å². The van der Waals surface area contributed by atoms with Gasteiger partial charge >= 0.3 is 0 Å². The zero-order valence-electron chi connectivity index (χ0n) is 18.7. The van der Waals surface area contributed by atoms with Crippen molar-refractivity contribution in [3.8, 4) is 0 Å². The molecule has 0 radical (unpaired) electrons. The number of fused-ring (bicyclic) bond motifs is 3. The molecule has 0 unspecified atom stereocenters. The van der Waals surface area contributed by atoms with Gasteiger partial charge in [-0.15, -0.1) is 0 Å². The highest BCUT2D eigenvalue weighted by atomic mass is 16.5. The maximum absolute atomic E-state index is 11.3. The molecule has 4 fully saturated rings. The van der Waals surface area contributed by atoms with Crippen LogP contribution in [0.25, 0.3) is 11.0 Å². The molecule has 3 N–H and O–H groups in total. The van der Waals surface area contributed by atoms with E-state index in [1.165, 1.54) is 37.6 Å². The predicted octanol–water partition coefficient (Wildman–Crippen LogP) is 4.70. The number of nitrogens with two attached hydrogens (primary N) is 1. The highest BCUT2D eigenvalue weighted by molar-refractivity contribution is 5.77. The first-order valence-corrected chi connectivity index (χ1v) is 11.9. The Morgan fingerprint density at radius 3 is 2.60 bits per heavy atom. The highest BCUT2D eigenvalue weighted by Gasteiger charge is 2.63. The van der Waals surface area contributed by atoms with Crippen molar-refractivity contribution in [2.45, 2.75) is 96.6 Å². The van der Waals surface area contributed by atoms with Crippen molar-refractivity contribution in [2.75, 3.05) is 0 Å². The summed E-state index contributed by atoms with van der Waals surface area (Å²) < 4.78 is 8.87. The summed E-state index contributed by atoms with van der Waals surface area (Å²) in [6.45, 7) is 7.57. The maximum atomic E-state index is 11.3. The Labute approximate surface area is 180 Å². The number of ether oxygens (including phenoxy) is 1. The number of hydrogen-bond acceptors (Lipinski definition) is 4. The van der Waals surface area contributed by atoms with Gasteiger partial charge in [0.2, 0.25) is 0 Å². The van der Waals surface area contributed by atoms with E-state index in [0.717, 1.165) is 29.7 Å². The van der Waals surface area contributed by atoms with Crippen LogP contribution >= 0.6 is 0 Å². The van der Waals surface area contributed by atoms with Gasteiger partial charge in [-0.3, -0.25) is 0 Å². The van der Waals surface area contributed by atoms with E-state index in [-0.39, 0.29) is 11.5 Å². The molecular formula is C25H37N3O2. The molecule has 30 heavy (non-hydrogen) atoms. The van der Waals surface area contributed by atoms with Gasteiger partial charge in [-0.2, -0.15) is 0 Å². The fraction of sp³-hybridized carbons (Fsp3) is 0.720. The van der Waals surface area contributed by atoms with Crippen LogP contribution in [0.15, 0.2) is 18.2 Å². The zero-order chi connectivity index (χ0) is 21.1. The minimum atomic E-state index is -0.771. The average molecular weight is 412 g/mol. The Balaban J connectivity index is 1.42. The lowest BCUT2D eigenvalue weighted by atomic mass is 9.43. The minimum absolute atomic E-state index is 0.117. The summed E-state index contributed by atoms with van der Waals surface area (Å²) in [5.74, 6) is 1.97. The largest absolute Gasteiger partial charge is 0.387 e. The first kappa shape index (κ1) is 20.5. The Morgan fingerprint density at radius 1 is 1.17 bits per heavy atom. The molecule has 0 aliphatic heterocycles. The molecule has 4 aliphatic carbocycles. The molecule has 1 aromatic heterocycles. The molecule has 5 nitrogen and oxygen atoms in total. The van der Waals surface area contributed by atoms with E-state index in [1.54, 1.807) is 0 Å². The van der Waals surface area contributed by atoms with Gasteiger partial charge in [-0.05, 0) is 67.6 Å². The van der Waals surface area contributed by atoms with Crippen molar-refractivity contribution in [1.82, 2.24) is 9.55 Å². The lowest BCUT2D eigenvalue weighted by molar-refractivity contribution is -0.260. The predicted molar refractivity (Wildman–Crippen MR) is 119 cm³/mol. The molecule has 1 heterocycles. The third kappa shape index (κ3) is 3.12. The van der Waals surface area contributed by atoms with E-state index in [0.29, 0.717) is 31.0 Å². The summed E-state index contributed by atoms with van der Waals surface area (Å²) in [5.41, 5.74) is 8.63. The maximum Gasteiger partial charge on any atom is 0.136 e. The molecule has 2 bridgehead atoms. The van der Waals surface area contributed by atoms with Crippen LogP contribution in [0.3, 0.4) is 0 Å². The molecule has 2 aromatic rings. The number of rotatable bonds is 5. The van der Waals surface area contributed by atoms with Gasteiger partial charge < -0.3 is 20.1 Å². The van der Waals surface area contributed by atoms with E-state index in [9.17, 15) is 5.11 Å². The van der Waals surface area contributed by atoms with E-state index < -0.39 is 5.60 Å². The van der Waals surface area contributed by atoms with Crippen molar-refractivity contribution in [2.24, 2.45) is 23.0 Å². The van der Waals surface area contributed by atoms with E-state index in [4.69, 9.17) is 15.5 Å². The van der Waals surface area contributed by atoms with Crippen LogP contribution in [0.2, 0.25) is 0 Å². The standard InChI is InChI=1S/C25H37N3O2/c1-24(2)17-12-21(24)25(3,29)22(13-17)30-15-23-27-19-11-16(14-26)9-10-20(19)28(23)18-7-5-4-6-8-18/h9-11,17-18,21-22,29H,4-8,12-15,26H2,1-3H3/t17-,21-,22+,25-/m1/s1. The molecule has 4 aliphatic rings. The van der Waals surface area contributed by atoms with E-state index in [1.807, 2.05) is 6.92 Å². The quantitative estimate of drug-likeness (QED) is 0.748. The molecule has 164 valence electrons. The molecular weight excluding hydrogens is 374 g/mol. The van der Waals surface area contributed by atoms with Crippen molar-refractivity contribution >= 4 is 11.0 Å². The smallest absolute Gasteiger partial charge is 0.136 e. The van der Waals surface area contributed by atoms with Crippen molar-refractivity contribution in [3.05, 3.63) is 29.6 Å². The number of nitrogens with zero attached hydrogens (tertiary/aromatic N) is 2. The Hall–Kier alpha value is -1.43. The van der Waals surface area contributed by atoms with Gasteiger partial charge in [-0.25, -0.2) is 4.98 Å². The highest BCUT2D eigenvalue weighted by Crippen LogP contribution is 2.63. The van der Waals surface area contributed by atoms with Crippen LogP contribution in [-0.4, -0.2) is 26.4 Å². The van der Waals surface area contributed by atoms with E-state index >= 15 is 0 Å². The lowest BCUT2D eigenvalue weighted by Gasteiger charge is -2.64. The minimum Gasteiger partial charge on any atom is -0.387 e. The third-order valence-electron chi connectivity index (χ3n) is 8.74. The monoisotopic (exact) mass is 411 g/mol. The molecule has 0 spiro atoms. The second kappa shape index (κ2) is 7.32. The molecule has 4 saturated carbocycles. The van der Waals surface area contributed by atoms with Crippen LogP contribution in [0.1, 0.15) is 83.1 Å². The zero-order valence-corrected chi connectivity index (χ0v) is 18.7. The second-order valence-corrected chi connectivity index (χ2v) is 10.8. The van der Waals surface area contributed by atoms with E-state index in [2.05, 4.69) is 36.6 Å². The summed E-state index contributed by atoms with van der Waals surface area (Å²) in [6.07, 6.45) is 8.25. The van der Waals surface area contributed by atoms with Crippen LogP contribution in [0.4, 0.5) is 0 Å².